The van der Waals surface area contributed by atoms with Gasteiger partial charge in [0.25, 0.3) is 11.8 Å². The Hall–Kier alpha value is -2.66. The molecule has 4 rings (SSSR count). The molecule has 0 radical (unpaired) electrons. The molecule has 2 amide bonds. The van der Waals surface area contributed by atoms with Crippen molar-refractivity contribution in [3.05, 3.63) is 47.1 Å². The number of thiazole rings is 1. The van der Waals surface area contributed by atoms with Crippen LogP contribution < -0.4 is 5.32 Å². The van der Waals surface area contributed by atoms with Gasteiger partial charge < -0.3 is 19.9 Å². The molecule has 0 spiro atoms. The van der Waals surface area contributed by atoms with Crippen LogP contribution in [0.1, 0.15) is 54.4 Å². The van der Waals surface area contributed by atoms with E-state index in [9.17, 15) is 23.5 Å². The maximum absolute atomic E-state index is 13.7. The lowest BCUT2D eigenvalue weighted by Crippen LogP contribution is -2.43. The van der Waals surface area contributed by atoms with Gasteiger partial charge in [-0.3, -0.25) is 13.8 Å². The Morgan fingerprint density at radius 3 is 2.42 bits per heavy atom. The molecule has 2 N–H and O–H groups in total. The Bertz CT molecular complexity index is 1320. The van der Waals surface area contributed by atoms with Crippen molar-refractivity contribution < 1.29 is 23.5 Å². The molecule has 1 fully saturated rings. The number of rotatable bonds is 6. The standard InChI is InChI=1S/C26H31N3O5S2/c1-15-11-16(2)13-29(12-15)25(31)21-22(35-24(28-21)23(30)27-14-26(3,4)32)19-9-10-20(36(33)34)18-8-6-5-7-17(18)19/h5-10,15-16,32H,11-14H2,1-4H3,(H,27,30)(H,33,34)/p-1. The average molecular weight is 529 g/mol. The van der Waals surface area contributed by atoms with Gasteiger partial charge in [0.1, 0.15) is 5.69 Å². The maximum Gasteiger partial charge on any atom is 0.280 e. The van der Waals surface area contributed by atoms with Gasteiger partial charge in [0, 0.05) is 30.1 Å². The number of aromatic nitrogens is 1. The number of benzene rings is 2. The number of aliphatic hydroxyl groups is 1. The Balaban J connectivity index is 1.84. The molecule has 1 aromatic heterocycles. The molecule has 0 bridgehead atoms. The van der Waals surface area contributed by atoms with Gasteiger partial charge in [-0.15, -0.1) is 11.3 Å². The van der Waals surface area contributed by atoms with Crippen molar-refractivity contribution in [3.63, 3.8) is 0 Å². The molecule has 0 saturated carbocycles. The second-order valence-electron chi connectivity index (χ2n) is 10.2. The second kappa shape index (κ2) is 10.4. The number of fused-ring (bicyclic) bond motifs is 1. The predicted molar refractivity (Wildman–Crippen MR) is 140 cm³/mol. The summed E-state index contributed by atoms with van der Waals surface area (Å²) < 4.78 is 23.6. The van der Waals surface area contributed by atoms with E-state index in [-0.39, 0.29) is 28.0 Å². The molecule has 10 heteroatoms. The van der Waals surface area contributed by atoms with Crippen LogP contribution in [0.2, 0.25) is 0 Å². The zero-order chi connectivity index (χ0) is 26.2. The molecule has 2 aromatic carbocycles. The first-order valence-electron chi connectivity index (χ1n) is 11.9. The van der Waals surface area contributed by atoms with Crippen molar-refractivity contribution in [1.29, 1.82) is 0 Å². The number of hydrogen-bond donors (Lipinski definition) is 2. The zero-order valence-electron chi connectivity index (χ0n) is 20.7. The predicted octanol–water partition coefficient (Wildman–Crippen LogP) is 3.82. The van der Waals surface area contributed by atoms with Crippen molar-refractivity contribution in [2.24, 2.45) is 11.8 Å². The van der Waals surface area contributed by atoms with E-state index >= 15 is 0 Å². The van der Waals surface area contributed by atoms with Crippen LogP contribution in [-0.4, -0.2) is 60.8 Å². The summed E-state index contributed by atoms with van der Waals surface area (Å²) in [6.45, 7) is 8.64. The number of amides is 2. The van der Waals surface area contributed by atoms with Gasteiger partial charge in [-0.1, -0.05) is 44.2 Å². The zero-order valence-corrected chi connectivity index (χ0v) is 22.4. The number of carbonyl (C=O) groups is 2. The first-order chi connectivity index (χ1) is 16.9. The molecule has 36 heavy (non-hydrogen) atoms. The van der Waals surface area contributed by atoms with E-state index in [0.29, 0.717) is 46.1 Å². The van der Waals surface area contributed by atoms with Gasteiger partial charge in [0.15, 0.2) is 5.01 Å². The van der Waals surface area contributed by atoms with E-state index in [2.05, 4.69) is 24.1 Å². The minimum atomic E-state index is -2.43. The van der Waals surface area contributed by atoms with E-state index in [4.69, 9.17) is 0 Å². The van der Waals surface area contributed by atoms with Crippen molar-refractivity contribution >= 4 is 45.0 Å². The van der Waals surface area contributed by atoms with Gasteiger partial charge in [0.05, 0.1) is 10.5 Å². The van der Waals surface area contributed by atoms with Gasteiger partial charge in [-0.25, -0.2) is 4.98 Å². The molecule has 1 saturated heterocycles. The lowest BCUT2D eigenvalue weighted by atomic mass is 9.91. The molecule has 8 nitrogen and oxygen atoms in total. The fraction of sp³-hybridized carbons (Fsp3) is 0.423. The summed E-state index contributed by atoms with van der Waals surface area (Å²) in [6.07, 6.45) is 1.04. The summed E-state index contributed by atoms with van der Waals surface area (Å²) >= 11 is -1.34. The highest BCUT2D eigenvalue weighted by Gasteiger charge is 2.31. The van der Waals surface area contributed by atoms with Crippen molar-refractivity contribution in [2.75, 3.05) is 19.6 Å². The van der Waals surface area contributed by atoms with E-state index in [0.717, 1.165) is 17.8 Å². The minimum absolute atomic E-state index is 0.0259. The number of likely N-dealkylation sites (tertiary alicyclic amines) is 1. The largest absolute Gasteiger partial charge is 0.768 e. The molecule has 1 aliphatic heterocycles. The molecule has 3 unspecified atom stereocenters. The number of piperidine rings is 1. The monoisotopic (exact) mass is 528 g/mol. The number of nitrogens with zero attached hydrogens (tertiary/aromatic N) is 2. The molecular weight excluding hydrogens is 498 g/mol. The van der Waals surface area contributed by atoms with Crippen LogP contribution in [0.5, 0.6) is 0 Å². The third-order valence-electron chi connectivity index (χ3n) is 6.17. The quantitative estimate of drug-likeness (QED) is 0.469. The third-order valence-corrected chi connectivity index (χ3v) is 7.97. The third kappa shape index (κ3) is 5.67. The van der Waals surface area contributed by atoms with Crippen LogP contribution in [0.4, 0.5) is 0 Å². The SMILES string of the molecule is CC1CC(C)CN(C(=O)c2nc(C(=O)NCC(C)(C)O)sc2-c2ccc(S(=O)[O-])c3ccccc23)C1. The number of hydrogen-bond acceptors (Lipinski definition) is 7. The van der Waals surface area contributed by atoms with E-state index in [1.54, 1.807) is 49.1 Å². The summed E-state index contributed by atoms with van der Waals surface area (Å²) in [6, 6.07) is 10.3. The number of carbonyl (C=O) groups excluding carboxylic acids is 2. The van der Waals surface area contributed by atoms with Crippen LogP contribution in [0, 0.1) is 11.8 Å². The summed E-state index contributed by atoms with van der Waals surface area (Å²) in [5.74, 6) is -0.0332. The van der Waals surface area contributed by atoms with Crippen LogP contribution in [-0.2, 0) is 11.1 Å². The first kappa shape index (κ1) is 26.4. The summed E-state index contributed by atoms with van der Waals surface area (Å²) in [4.78, 5) is 33.6. The van der Waals surface area contributed by atoms with Crippen LogP contribution in [0.25, 0.3) is 21.2 Å². The Labute approximate surface area is 217 Å². The lowest BCUT2D eigenvalue weighted by Gasteiger charge is -2.34. The highest BCUT2D eigenvalue weighted by molar-refractivity contribution is 7.79. The fourth-order valence-corrected chi connectivity index (χ4v) is 6.26. The Morgan fingerprint density at radius 2 is 1.81 bits per heavy atom. The molecule has 3 atom stereocenters. The van der Waals surface area contributed by atoms with Crippen molar-refractivity contribution in [3.8, 4) is 10.4 Å². The maximum atomic E-state index is 13.7. The smallest absolute Gasteiger partial charge is 0.280 e. The average Bonchev–Trinajstić information content (AvgIpc) is 3.25. The lowest BCUT2D eigenvalue weighted by molar-refractivity contribution is 0.0618. The van der Waals surface area contributed by atoms with Gasteiger partial charge in [-0.2, -0.15) is 0 Å². The topological polar surface area (TPSA) is 123 Å². The molecule has 0 aliphatic carbocycles. The highest BCUT2D eigenvalue weighted by atomic mass is 32.2. The summed E-state index contributed by atoms with van der Waals surface area (Å²) in [5.41, 5.74) is -0.287. The van der Waals surface area contributed by atoms with Gasteiger partial charge >= 0.3 is 0 Å². The van der Waals surface area contributed by atoms with Crippen LogP contribution in [0.15, 0.2) is 41.3 Å². The molecule has 1 aliphatic rings. The Kier molecular flexibility index (Phi) is 7.61. The van der Waals surface area contributed by atoms with Gasteiger partial charge in [0.2, 0.25) is 0 Å². The fourth-order valence-electron chi connectivity index (χ4n) is 4.71. The summed E-state index contributed by atoms with van der Waals surface area (Å²) in [7, 11) is 0. The highest BCUT2D eigenvalue weighted by Crippen LogP contribution is 2.38. The number of nitrogens with one attached hydrogen (secondary N) is 1. The van der Waals surface area contributed by atoms with Crippen molar-refractivity contribution in [1.82, 2.24) is 15.2 Å². The Morgan fingerprint density at radius 1 is 1.17 bits per heavy atom. The van der Waals surface area contributed by atoms with Crippen LogP contribution in [0.3, 0.4) is 0 Å². The van der Waals surface area contributed by atoms with E-state index in [1.165, 1.54) is 6.07 Å². The van der Waals surface area contributed by atoms with E-state index in [1.807, 2.05) is 0 Å². The molecule has 192 valence electrons. The minimum Gasteiger partial charge on any atom is -0.768 e. The van der Waals surface area contributed by atoms with Gasteiger partial charge in [-0.05, 0) is 60.0 Å². The molecule has 3 aromatic rings. The second-order valence-corrected chi connectivity index (χ2v) is 12.1. The first-order valence-corrected chi connectivity index (χ1v) is 13.8. The summed E-state index contributed by atoms with van der Waals surface area (Å²) in [5, 5.41) is 14.0. The van der Waals surface area contributed by atoms with Crippen molar-refractivity contribution in [2.45, 2.75) is 44.6 Å². The molecule has 2 heterocycles. The molecular formula is C26H30N3O5S2-. The van der Waals surface area contributed by atoms with Crippen LogP contribution >= 0.6 is 11.3 Å². The normalized spacial score (nSPS) is 19.3. The van der Waals surface area contributed by atoms with E-state index < -0.39 is 22.6 Å².